The van der Waals surface area contributed by atoms with Crippen molar-refractivity contribution in [3.05, 3.63) is 24.5 Å². The average Bonchev–Trinajstić information content (AvgIpc) is 2.06. The van der Waals surface area contributed by atoms with Gasteiger partial charge in [0.05, 0.1) is 6.20 Å². The van der Waals surface area contributed by atoms with Gasteiger partial charge < -0.3 is 24.0 Å². The molecule has 0 amide bonds. The molecule has 1 rings (SSSR count). The van der Waals surface area contributed by atoms with Gasteiger partial charge in [-0.1, -0.05) is 0 Å². The summed E-state index contributed by atoms with van der Waals surface area (Å²) in [7, 11) is -4.38. The molecule has 82 valence electrons. The molecule has 8 nitrogen and oxygen atoms in total. The van der Waals surface area contributed by atoms with Gasteiger partial charge in [0.2, 0.25) is 6.20 Å². The Balaban J connectivity index is 0. The highest BCUT2D eigenvalue weighted by molar-refractivity contribution is 7.80. The number of aromatic nitrogens is 2. The molecule has 10 heteroatoms. The molecule has 0 aliphatic rings. The molecule has 0 radical (unpaired) electrons. The van der Waals surface area contributed by atoms with E-state index in [1.54, 1.807) is 12.4 Å². The molecule has 0 spiro atoms. The Morgan fingerprint density at radius 2 is 1.93 bits per heavy atom. The fourth-order valence-corrected chi connectivity index (χ4v) is 0.342. The Hall–Kier alpha value is -0.560. The molecule has 5 N–H and O–H groups in total. The van der Waals surface area contributed by atoms with Gasteiger partial charge in [-0.05, 0) is 6.07 Å². The first-order valence-corrected chi connectivity index (χ1v) is 4.26. The maximum atomic E-state index is 9.21. The number of rotatable bonds is 1. The second-order valence-corrected chi connectivity index (χ2v) is 2.75. The monoisotopic (exact) mass is 336 g/mol. The van der Waals surface area contributed by atoms with Crippen LogP contribution in [-0.2, 0) is 14.7 Å². The largest absolute Gasteiger partial charge is 1.00 e. The SMILES string of the molecule is NOS(=O)(=O)O.N[n+]1ccccn1.[I-]. The predicted molar refractivity (Wildman–Crippen MR) is 41.4 cm³/mol. The molecule has 1 heterocycles. The van der Waals surface area contributed by atoms with Gasteiger partial charge in [0.25, 0.3) is 0 Å². The molecule has 0 aliphatic heterocycles. The maximum Gasteiger partial charge on any atom is 0.413 e. The predicted octanol–water partition coefficient (Wildman–Crippen LogP) is -5.23. The van der Waals surface area contributed by atoms with Gasteiger partial charge in [-0.2, -0.15) is 24.4 Å². The molecule has 0 unspecified atom stereocenters. The molecule has 0 atom stereocenters. The maximum absolute atomic E-state index is 9.21. The zero-order valence-corrected chi connectivity index (χ0v) is 9.79. The van der Waals surface area contributed by atoms with Gasteiger partial charge in [0.15, 0.2) is 0 Å². The van der Waals surface area contributed by atoms with Crippen LogP contribution in [0.1, 0.15) is 0 Å². The summed E-state index contributed by atoms with van der Waals surface area (Å²) in [5.74, 6) is 9.13. The lowest BCUT2D eigenvalue weighted by Gasteiger charge is -1.81. The van der Waals surface area contributed by atoms with Gasteiger partial charge in [0, 0.05) is 16.0 Å². The van der Waals surface area contributed by atoms with Crippen LogP contribution in [-0.4, -0.2) is 18.1 Å². The van der Waals surface area contributed by atoms with Crippen LogP contribution in [0.25, 0.3) is 0 Å². The van der Waals surface area contributed by atoms with Crippen LogP contribution in [0.2, 0.25) is 0 Å². The number of hydrogen-bond donors (Lipinski definition) is 3. The number of halogens is 1. The standard InChI is InChI=1S/C4H6N3.HI.H3NO4S/c5-7-4-2-1-3-6-7;;1-5-6(2,3)4/h1-4H,(H2,5,6);1H;1H2,(H,2,3,4)/q+1;;/p-1. The molecule has 1 aromatic heterocycles. The molecular formula is C4H9IN4O4S. The van der Waals surface area contributed by atoms with Crippen molar-refractivity contribution in [3.63, 3.8) is 0 Å². The van der Waals surface area contributed by atoms with Crippen molar-refractivity contribution in [2.75, 3.05) is 5.84 Å². The van der Waals surface area contributed by atoms with Crippen LogP contribution in [0.5, 0.6) is 0 Å². The molecule has 0 saturated heterocycles. The first-order valence-electron chi connectivity index (χ1n) is 2.89. The Morgan fingerprint density at radius 3 is 2.07 bits per heavy atom. The number of hydrogen-bond acceptors (Lipinski definition) is 6. The first-order chi connectivity index (χ1) is 5.95. The minimum absolute atomic E-state index is 0. The minimum atomic E-state index is -4.38. The summed E-state index contributed by atoms with van der Waals surface area (Å²) in [5, 5.41) is 3.67. The Morgan fingerprint density at radius 1 is 1.43 bits per heavy atom. The van der Waals surface area contributed by atoms with E-state index in [0.717, 1.165) is 0 Å². The molecule has 1 aromatic rings. The summed E-state index contributed by atoms with van der Waals surface area (Å²) >= 11 is 0. The molecule has 0 fully saturated rings. The second kappa shape index (κ2) is 7.81. The van der Waals surface area contributed by atoms with E-state index in [1.807, 2.05) is 12.1 Å². The summed E-state index contributed by atoms with van der Waals surface area (Å²) in [5.41, 5.74) is 0. The van der Waals surface area contributed by atoms with Crippen molar-refractivity contribution in [1.29, 1.82) is 0 Å². The highest BCUT2D eigenvalue weighted by Gasteiger charge is 1.95. The third-order valence-corrected chi connectivity index (χ3v) is 1.00. The lowest BCUT2D eigenvalue weighted by molar-refractivity contribution is -0.700. The van der Waals surface area contributed by atoms with Crippen LogP contribution in [0.3, 0.4) is 0 Å². The number of nitrogen functional groups attached to an aromatic ring is 1. The van der Waals surface area contributed by atoms with Gasteiger partial charge in [-0.3, -0.25) is 4.55 Å². The van der Waals surface area contributed by atoms with Crippen LogP contribution in [0, 0.1) is 0 Å². The fourth-order valence-electron chi connectivity index (χ4n) is 0.342. The molecule has 0 saturated carbocycles. The van der Waals surface area contributed by atoms with E-state index in [0.29, 0.717) is 0 Å². The molecule has 14 heavy (non-hydrogen) atoms. The van der Waals surface area contributed by atoms with Crippen LogP contribution >= 0.6 is 0 Å². The summed E-state index contributed by atoms with van der Waals surface area (Å²) < 4.78 is 28.8. The first kappa shape index (κ1) is 15.9. The van der Waals surface area contributed by atoms with Crippen molar-refractivity contribution in [2.24, 2.45) is 5.90 Å². The summed E-state index contributed by atoms with van der Waals surface area (Å²) in [6.45, 7) is 0. The van der Waals surface area contributed by atoms with Crippen molar-refractivity contribution in [2.45, 2.75) is 0 Å². The molecule has 0 bridgehead atoms. The second-order valence-electron chi connectivity index (χ2n) is 1.70. The number of nitrogens with zero attached hydrogens (tertiary/aromatic N) is 2. The van der Waals surface area contributed by atoms with Gasteiger partial charge in [-0.25, -0.2) is 0 Å². The lowest BCUT2D eigenvalue weighted by atomic mass is 10.6. The van der Waals surface area contributed by atoms with E-state index < -0.39 is 10.4 Å². The Labute approximate surface area is 97.8 Å². The highest BCUT2D eigenvalue weighted by Crippen LogP contribution is 1.71. The van der Waals surface area contributed by atoms with Crippen molar-refractivity contribution in [1.82, 2.24) is 5.10 Å². The van der Waals surface area contributed by atoms with E-state index >= 15 is 0 Å². The Bertz CT molecular complexity index is 330. The smallest absolute Gasteiger partial charge is 0.413 e. The summed E-state index contributed by atoms with van der Waals surface area (Å²) in [4.78, 5) is 1.25. The minimum Gasteiger partial charge on any atom is -1.00 e. The quantitative estimate of drug-likeness (QED) is 0.153. The van der Waals surface area contributed by atoms with Gasteiger partial charge in [0.1, 0.15) is 0 Å². The average molecular weight is 336 g/mol. The zero-order valence-electron chi connectivity index (χ0n) is 6.82. The van der Waals surface area contributed by atoms with Crippen LogP contribution in [0.15, 0.2) is 24.5 Å². The Kier molecular flexibility index (Phi) is 8.86. The normalized spacial score (nSPS) is 9.29. The van der Waals surface area contributed by atoms with E-state index in [2.05, 4.69) is 15.3 Å². The topological polar surface area (TPSA) is 132 Å². The zero-order chi connectivity index (χ0) is 10.3. The van der Waals surface area contributed by atoms with Gasteiger partial charge in [-0.15, -0.1) is 0 Å². The third kappa shape index (κ3) is 11.4. The summed E-state index contributed by atoms with van der Waals surface area (Å²) in [6.07, 6.45) is 3.29. The molecular weight excluding hydrogens is 327 g/mol. The summed E-state index contributed by atoms with van der Waals surface area (Å²) in [6, 6.07) is 3.62. The lowest BCUT2D eigenvalue weighted by Crippen LogP contribution is -3.00. The molecule has 0 aromatic carbocycles. The van der Waals surface area contributed by atoms with E-state index in [1.165, 1.54) is 4.79 Å². The highest BCUT2D eigenvalue weighted by atomic mass is 127. The van der Waals surface area contributed by atoms with Gasteiger partial charge >= 0.3 is 10.4 Å². The van der Waals surface area contributed by atoms with Crippen molar-refractivity contribution >= 4 is 10.4 Å². The number of nitrogens with two attached hydrogens (primary N) is 2. The molecule has 0 aliphatic carbocycles. The van der Waals surface area contributed by atoms with Crippen LogP contribution in [0.4, 0.5) is 0 Å². The van der Waals surface area contributed by atoms with E-state index in [4.69, 9.17) is 10.4 Å². The van der Waals surface area contributed by atoms with Crippen molar-refractivity contribution < 1.29 is 46.0 Å². The van der Waals surface area contributed by atoms with Crippen molar-refractivity contribution in [3.8, 4) is 0 Å². The van der Waals surface area contributed by atoms with E-state index in [9.17, 15) is 8.42 Å². The van der Waals surface area contributed by atoms with E-state index in [-0.39, 0.29) is 24.0 Å². The van der Waals surface area contributed by atoms with Crippen LogP contribution < -0.4 is 40.5 Å². The third-order valence-electron chi connectivity index (χ3n) is 0.758. The fraction of sp³-hybridized carbons (Fsp3) is 0.